The first-order valence-corrected chi connectivity index (χ1v) is 9.04. The molecule has 2 aromatic rings. The Balaban J connectivity index is 1.83. The number of rotatable bonds is 3. The van der Waals surface area contributed by atoms with Crippen LogP contribution in [0, 0.1) is 11.7 Å². The number of benzene rings is 1. The van der Waals surface area contributed by atoms with E-state index in [1.807, 2.05) is 0 Å². The molecule has 1 fully saturated rings. The van der Waals surface area contributed by atoms with E-state index in [4.69, 9.17) is 16.3 Å². The maximum absolute atomic E-state index is 13.4. The standard InChI is InChI=1S/C17H17ClFNO3S/c1-2-23-17(22)10-4-3-7-20(9-10)16(21)15-14(18)12-6-5-11(19)8-13(12)24-15/h5-6,8,10H,2-4,7,9H2,1H3/t10-/m1/s1. The van der Waals surface area contributed by atoms with Crippen LogP contribution in [-0.2, 0) is 9.53 Å². The Morgan fingerprint density at radius 1 is 1.46 bits per heavy atom. The number of ether oxygens (including phenoxy) is 1. The molecule has 0 bridgehead atoms. The quantitative estimate of drug-likeness (QED) is 0.765. The van der Waals surface area contributed by atoms with Gasteiger partial charge in [-0.3, -0.25) is 9.59 Å². The zero-order valence-corrected chi connectivity index (χ0v) is 14.8. The van der Waals surface area contributed by atoms with Gasteiger partial charge in [-0.05, 0) is 38.0 Å². The fraction of sp³-hybridized carbons (Fsp3) is 0.412. The molecule has 0 N–H and O–H groups in total. The maximum Gasteiger partial charge on any atom is 0.310 e. The van der Waals surface area contributed by atoms with Gasteiger partial charge >= 0.3 is 5.97 Å². The van der Waals surface area contributed by atoms with Gasteiger partial charge in [-0.25, -0.2) is 4.39 Å². The summed E-state index contributed by atoms with van der Waals surface area (Å²) in [7, 11) is 0. The Kier molecular flexibility index (Phi) is 5.06. The summed E-state index contributed by atoms with van der Waals surface area (Å²) >= 11 is 7.50. The van der Waals surface area contributed by atoms with Crippen molar-refractivity contribution in [2.45, 2.75) is 19.8 Å². The minimum atomic E-state index is -0.361. The summed E-state index contributed by atoms with van der Waals surface area (Å²) in [4.78, 5) is 26.8. The van der Waals surface area contributed by atoms with Crippen LogP contribution in [0.2, 0.25) is 5.02 Å². The summed E-state index contributed by atoms with van der Waals surface area (Å²) in [6, 6.07) is 4.28. The van der Waals surface area contributed by atoms with Crippen molar-refractivity contribution < 1.29 is 18.7 Å². The van der Waals surface area contributed by atoms with Gasteiger partial charge in [0.2, 0.25) is 0 Å². The molecule has 0 aliphatic carbocycles. The first-order valence-electron chi connectivity index (χ1n) is 7.84. The summed E-state index contributed by atoms with van der Waals surface area (Å²) in [5.74, 6) is -1.14. The van der Waals surface area contributed by atoms with Crippen LogP contribution in [0.25, 0.3) is 10.1 Å². The lowest BCUT2D eigenvalue weighted by molar-refractivity contribution is -0.149. The van der Waals surface area contributed by atoms with E-state index in [2.05, 4.69) is 0 Å². The zero-order valence-electron chi connectivity index (χ0n) is 13.2. The van der Waals surface area contributed by atoms with Crippen LogP contribution in [0.1, 0.15) is 29.4 Å². The first kappa shape index (κ1) is 17.2. The summed E-state index contributed by atoms with van der Waals surface area (Å²) < 4.78 is 19.1. The molecule has 1 aliphatic rings. The Morgan fingerprint density at radius 2 is 2.25 bits per heavy atom. The van der Waals surface area contributed by atoms with E-state index < -0.39 is 0 Å². The van der Waals surface area contributed by atoms with E-state index in [-0.39, 0.29) is 23.6 Å². The van der Waals surface area contributed by atoms with Crippen molar-refractivity contribution in [2.24, 2.45) is 5.92 Å². The van der Waals surface area contributed by atoms with Crippen molar-refractivity contribution in [3.8, 4) is 0 Å². The molecule has 128 valence electrons. The topological polar surface area (TPSA) is 46.6 Å². The second kappa shape index (κ2) is 7.07. The van der Waals surface area contributed by atoms with Gasteiger partial charge in [0.1, 0.15) is 10.7 Å². The molecule has 1 atom stereocenters. The predicted molar refractivity (Wildman–Crippen MR) is 92.1 cm³/mol. The summed E-state index contributed by atoms with van der Waals surface area (Å²) in [5.41, 5.74) is 0. The Labute approximate surface area is 148 Å². The lowest BCUT2D eigenvalue weighted by atomic mass is 9.98. The van der Waals surface area contributed by atoms with E-state index in [1.54, 1.807) is 17.9 Å². The van der Waals surface area contributed by atoms with Crippen LogP contribution in [-0.4, -0.2) is 36.5 Å². The zero-order chi connectivity index (χ0) is 17.3. The van der Waals surface area contributed by atoms with Crippen LogP contribution >= 0.6 is 22.9 Å². The number of fused-ring (bicyclic) bond motifs is 1. The number of likely N-dealkylation sites (tertiary alicyclic amines) is 1. The van der Waals surface area contributed by atoms with Crippen molar-refractivity contribution in [2.75, 3.05) is 19.7 Å². The minimum absolute atomic E-state index is 0.212. The number of carbonyl (C=O) groups excluding carboxylic acids is 2. The third kappa shape index (κ3) is 3.26. The molecule has 1 aromatic heterocycles. The number of amides is 1. The molecular weight excluding hydrogens is 353 g/mol. The van der Waals surface area contributed by atoms with Crippen molar-refractivity contribution in [3.05, 3.63) is 33.9 Å². The van der Waals surface area contributed by atoms with Gasteiger partial charge < -0.3 is 9.64 Å². The molecule has 4 nitrogen and oxygen atoms in total. The number of esters is 1. The van der Waals surface area contributed by atoms with Gasteiger partial charge in [-0.1, -0.05) is 11.6 Å². The van der Waals surface area contributed by atoms with Crippen LogP contribution in [0.15, 0.2) is 18.2 Å². The average molecular weight is 370 g/mol. The fourth-order valence-corrected chi connectivity index (χ4v) is 4.44. The van der Waals surface area contributed by atoms with Gasteiger partial charge in [-0.2, -0.15) is 0 Å². The van der Waals surface area contributed by atoms with E-state index >= 15 is 0 Å². The van der Waals surface area contributed by atoms with Gasteiger partial charge in [0.15, 0.2) is 0 Å². The Bertz CT molecular complexity index is 791. The van der Waals surface area contributed by atoms with Crippen LogP contribution in [0.5, 0.6) is 0 Å². The van der Waals surface area contributed by atoms with E-state index in [0.29, 0.717) is 46.1 Å². The van der Waals surface area contributed by atoms with Crippen LogP contribution < -0.4 is 0 Å². The van der Waals surface area contributed by atoms with Crippen molar-refractivity contribution >= 4 is 44.9 Å². The second-order valence-corrected chi connectivity index (χ2v) is 7.16. The fourth-order valence-electron chi connectivity index (χ4n) is 2.93. The van der Waals surface area contributed by atoms with E-state index in [0.717, 1.165) is 6.42 Å². The summed E-state index contributed by atoms with van der Waals surface area (Å²) in [6.45, 7) is 3.00. The van der Waals surface area contributed by atoms with E-state index in [9.17, 15) is 14.0 Å². The van der Waals surface area contributed by atoms with Crippen molar-refractivity contribution in [3.63, 3.8) is 0 Å². The van der Waals surface area contributed by atoms with Crippen LogP contribution in [0.3, 0.4) is 0 Å². The maximum atomic E-state index is 13.4. The molecule has 1 saturated heterocycles. The Morgan fingerprint density at radius 3 is 3.00 bits per heavy atom. The number of hydrogen-bond donors (Lipinski definition) is 0. The monoisotopic (exact) mass is 369 g/mol. The predicted octanol–water partition coefficient (Wildman–Crippen LogP) is 4.11. The van der Waals surface area contributed by atoms with Gasteiger partial charge in [0.05, 0.1) is 17.5 Å². The molecule has 7 heteroatoms. The Hall–Kier alpha value is -1.66. The third-order valence-electron chi connectivity index (χ3n) is 4.11. The lowest BCUT2D eigenvalue weighted by Gasteiger charge is -2.31. The van der Waals surface area contributed by atoms with E-state index in [1.165, 1.54) is 23.5 Å². The molecule has 0 saturated carbocycles. The largest absolute Gasteiger partial charge is 0.466 e. The molecular formula is C17H17ClFNO3S. The highest BCUT2D eigenvalue weighted by Crippen LogP contribution is 2.37. The van der Waals surface area contributed by atoms with Crippen LogP contribution in [0.4, 0.5) is 4.39 Å². The van der Waals surface area contributed by atoms with Gasteiger partial charge in [0, 0.05) is 23.2 Å². The van der Waals surface area contributed by atoms with Crippen molar-refractivity contribution in [1.29, 1.82) is 0 Å². The highest BCUT2D eigenvalue weighted by atomic mass is 35.5. The molecule has 1 amide bonds. The van der Waals surface area contributed by atoms with Gasteiger partial charge in [-0.15, -0.1) is 11.3 Å². The lowest BCUT2D eigenvalue weighted by Crippen LogP contribution is -2.42. The number of piperidine rings is 1. The number of halogens is 2. The number of thiophene rings is 1. The normalized spacial score (nSPS) is 18.0. The molecule has 2 heterocycles. The number of carbonyl (C=O) groups is 2. The molecule has 24 heavy (non-hydrogen) atoms. The highest BCUT2D eigenvalue weighted by molar-refractivity contribution is 7.21. The minimum Gasteiger partial charge on any atom is -0.466 e. The molecule has 1 aliphatic heterocycles. The van der Waals surface area contributed by atoms with Gasteiger partial charge in [0.25, 0.3) is 5.91 Å². The molecule has 0 unspecified atom stereocenters. The number of hydrogen-bond acceptors (Lipinski definition) is 4. The average Bonchev–Trinajstić information content (AvgIpc) is 2.90. The smallest absolute Gasteiger partial charge is 0.310 e. The molecule has 0 radical (unpaired) electrons. The molecule has 0 spiro atoms. The number of nitrogens with zero attached hydrogens (tertiary/aromatic N) is 1. The SMILES string of the molecule is CCOC(=O)[C@@H]1CCCN(C(=O)c2sc3cc(F)ccc3c2Cl)C1. The highest BCUT2D eigenvalue weighted by Gasteiger charge is 2.31. The summed E-state index contributed by atoms with van der Waals surface area (Å²) in [5, 5.41) is 1.02. The first-order chi connectivity index (χ1) is 11.5. The summed E-state index contributed by atoms with van der Waals surface area (Å²) in [6.07, 6.45) is 1.46. The molecule has 3 rings (SSSR count). The third-order valence-corrected chi connectivity index (χ3v) is 5.76. The van der Waals surface area contributed by atoms with Crippen molar-refractivity contribution in [1.82, 2.24) is 4.90 Å². The second-order valence-electron chi connectivity index (χ2n) is 5.73. The molecule has 1 aromatic carbocycles.